The van der Waals surface area contributed by atoms with Gasteiger partial charge < -0.3 is 73.6 Å². The topological polar surface area (TPSA) is 250 Å². The number of carbonyl (C=O) groups is 2. The van der Waals surface area contributed by atoms with E-state index in [1.165, 1.54) is 0 Å². The Labute approximate surface area is 522 Å². The van der Waals surface area contributed by atoms with Gasteiger partial charge in [0.05, 0.1) is 58.3 Å². The number of rotatable bonds is 20. The van der Waals surface area contributed by atoms with Crippen LogP contribution < -0.4 is 18.9 Å². The Morgan fingerprint density at radius 1 is 0.461 bits per heavy atom. The third-order valence-corrected chi connectivity index (χ3v) is 16.6. The molecule has 1 spiro atoms. The molecule has 476 valence electrons. The van der Waals surface area contributed by atoms with E-state index in [1.807, 2.05) is 62.4 Å². The number of hydrogen-bond acceptors (Lipinski definition) is 17. The molecular formula is C72H86O17. The number of ether oxygens (including phenoxy) is 8. The zero-order valence-corrected chi connectivity index (χ0v) is 51.9. The number of aromatic hydroxyl groups is 7. The molecule has 89 heavy (non-hydrogen) atoms. The highest BCUT2D eigenvalue weighted by Gasteiger charge is 2.62. The maximum atomic E-state index is 11.7. The summed E-state index contributed by atoms with van der Waals surface area (Å²) >= 11 is 0. The molecule has 17 heteroatoms. The fourth-order valence-electron chi connectivity index (χ4n) is 10.9. The second-order valence-electron chi connectivity index (χ2n) is 23.3. The third-order valence-electron chi connectivity index (χ3n) is 16.6. The van der Waals surface area contributed by atoms with E-state index in [0.717, 1.165) is 77.0 Å². The summed E-state index contributed by atoms with van der Waals surface area (Å²) in [5.74, 6) is 3.50. The summed E-state index contributed by atoms with van der Waals surface area (Å²) < 4.78 is 44.4. The zero-order valence-electron chi connectivity index (χ0n) is 51.9. The van der Waals surface area contributed by atoms with Gasteiger partial charge in [-0.05, 0) is 148 Å². The van der Waals surface area contributed by atoms with Crippen molar-refractivity contribution in [3.05, 3.63) is 185 Å². The minimum absolute atomic E-state index is 0.129. The van der Waals surface area contributed by atoms with Gasteiger partial charge in [-0.1, -0.05) is 107 Å². The molecular weight excluding hydrogens is 1140 g/mol. The lowest BCUT2D eigenvalue weighted by atomic mass is 9.48. The summed E-state index contributed by atoms with van der Waals surface area (Å²) in [5.41, 5.74) is 4.82. The minimum atomic E-state index is -0.394. The molecule has 17 nitrogen and oxygen atoms in total. The number of phenols is 7. The van der Waals surface area contributed by atoms with Crippen molar-refractivity contribution in [1.29, 1.82) is 0 Å². The van der Waals surface area contributed by atoms with E-state index in [4.69, 9.17) is 37.9 Å². The Morgan fingerprint density at radius 2 is 0.854 bits per heavy atom. The van der Waals surface area contributed by atoms with Crippen molar-refractivity contribution in [2.24, 2.45) is 5.41 Å². The summed E-state index contributed by atoms with van der Waals surface area (Å²) in [7, 11) is 0. The molecule has 0 amide bonds. The quantitative estimate of drug-likeness (QED) is 0.0277. The monoisotopic (exact) mass is 1220 g/mol. The molecule has 0 bridgehead atoms. The van der Waals surface area contributed by atoms with Crippen molar-refractivity contribution < 1.29 is 83.2 Å². The van der Waals surface area contributed by atoms with Gasteiger partial charge in [0, 0.05) is 46.8 Å². The van der Waals surface area contributed by atoms with E-state index >= 15 is 0 Å². The number of unbranched alkanes of at least 4 members (excludes halogenated alkanes) is 3. The molecule has 1 fully saturated rings. The van der Waals surface area contributed by atoms with Gasteiger partial charge in [-0.25, -0.2) is 0 Å². The first kappa shape index (κ1) is 67.7. The van der Waals surface area contributed by atoms with Crippen LogP contribution in [0.5, 0.6) is 63.2 Å². The fourth-order valence-corrected chi connectivity index (χ4v) is 10.9. The maximum absolute atomic E-state index is 11.7. The SMILES string of the molecule is Cc1cc2c(cc1O)C(C)(C)C1(CO2)COc2cc(C)c(O)cc2C1(C)C.O=C(CCc1ccccc1O)OCCCCCCOC(=O)CCc1ccccc1O.Oc1ccccc1C1OCCCO1.Oc1ccccc1OCCCOc1ccccc1O. The first-order valence-electron chi connectivity index (χ1n) is 30.3. The van der Waals surface area contributed by atoms with Crippen LogP contribution in [0.4, 0.5) is 0 Å². The van der Waals surface area contributed by atoms with Crippen molar-refractivity contribution in [2.45, 2.75) is 123 Å². The smallest absolute Gasteiger partial charge is 0.306 e. The number of esters is 2. The molecule has 10 rings (SSSR count). The highest BCUT2D eigenvalue weighted by atomic mass is 16.7. The van der Waals surface area contributed by atoms with Crippen molar-refractivity contribution in [1.82, 2.24) is 0 Å². The van der Waals surface area contributed by atoms with Gasteiger partial charge >= 0.3 is 11.9 Å². The second-order valence-corrected chi connectivity index (χ2v) is 23.3. The number of benzene rings is 7. The van der Waals surface area contributed by atoms with E-state index in [-0.39, 0.29) is 81.3 Å². The largest absolute Gasteiger partial charge is 0.508 e. The van der Waals surface area contributed by atoms with Crippen LogP contribution in [0.15, 0.2) is 146 Å². The molecule has 3 aliphatic heterocycles. The number of fused-ring (bicyclic) bond motifs is 2. The summed E-state index contributed by atoms with van der Waals surface area (Å²) in [6, 6.07) is 42.2. The van der Waals surface area contributed by atoms with E-state index in [0.29, 0.717) is 89.2 Å². The van der Waals surface area contributed by atoms with Crippen LogP contribution in [-0.4, -0.2) is 101 Å². The number of phenolic OH excluding ortho intramolecular Hbond substituents is 7. The molecule has 0 aromatic heterocycles. The van der Waals surface area contributed by atoms with Crippen molar-refractivity contribution in [2.75, 3.05) is 52.9 Å². The molecule has 1 saturated heterocycles. The van der Waals surface area contributed by atoms with Crippen LogP contribution in [0.2, 0.25) is 0 Å². The Kier molecular flexibility index (Phi) is 24.7. The minimum Gasteiger partial charge on any atom is -0.508 e. The second kappa shape index (κ2) is 32.4. The van der Waals surface area contributed by atoms with Gasteiger partial charge in [0.1, 0.15) is 40.2 Å². The van der Waals surface area contributed by atoms with Gasteiger partial charge in [0.25, 0.3) is 0 Å². The highest BCUT2D eigenvalue weighted by Crippen LogP contribution is 2.62. The van der Waals surface area contributed by atoms with Gasteiger partial charge in [-0.3, -0.25) is 9.59 Å². The molecule has 0 unspecified atom stereocenters. The molecule has 7 N–H and O–H groups in total. The maximum Gasteiger partial charge on any atom is 0.306 e. The Morgan fingerprint density at radius 3 is 1.27 bits per heavy atom. The number of hydrogen-bond donors (Lipinski definition) is 7. The number of aryl methyl sites for hydroxylation is 4. The summed E-state index contributed by atoms with van der Waals surface area (Å²) in [4.78, 5) is 23.5. The van der Waals surface area contributed by atoms with E-state index in [2.05, 4.69) is 27.7 Å². The molecule has 7 aromatic carbocycles. The molecule has 7 aromatic rings. The third kappa shape index (κ3) is 18.2. The molecule has 3 aliphatic rings. The van der Waals surface area contributed by atoms with E-state index in [1.54, 1.807) is 97.1 Å². The van der Waals surface area contributed by atoms with Crippen LogP contribution in [-0.2, 0) is 52.2 Å². The van der Waals surface area contributed by atoms with Gasteiger partial charge in [-0.15, -0.1) is 0 Å². The molecule has 0 atom stereocenters. The number of para-hydroxylation sites is 7. The van der Waals surface area contributed by atoms with Crippen LogP contribution in [0.25, 0.3) is 0 Å². The molecule has 0 aliphatic carbocycles. The number of carbonyl (C=O) groups excluding carboxylic acids is 2. The lowest BCUT2D eigenvalue weighted by Crippen LogP contribution is -2.63. The summed E-state index contributed by atoms with van der Waals surface area (Å²) in [6.45, 7) is 16.6. The predicted octanol–water partition coefficient (Wildman–Crippen LogP) is 13.8. The average molecular weight is 1220 g/mol. The van der Waals surface area contributed by atoms with Crippen molar-refractivity contribution in [3.8, 4) is 63.2 Å². The molecule has 0 saturated carbocycles. The molecule has 3 heterocycles. The van der Waals surface area contributed by atoms with Crippen LogP contribution in [0.3, 0.4) is 0 Å². The van der Waals surface area contributed by atoms with Gasteiger partial charge in [0.2, 0.25) is 0 Å². The van der Waals surface area contributed by atoms with Crippen LogP contribution in [0, 0.1) is 19.3 Å². The Bertz CT molecular complexity index is 3210. The van der Waals surface area contributed by atoms with Crippen molar-refractivity contribution >= 4 is 11.9 Å². The normalized spacial score (nSPS) is 14.8. The van der Waals surface area contributed by atoms with E-state index in [9.17, 15) is 45.3 Å². The van der Waals surface area contributed by atoms with Crippen molar-refractivity contribution in [3.63, 3.8) is 0 Å². The lowest BCUT2D eigenvalue weighted by Gasteiger charge is -2.60. The van der Waals surface area contributed by atoms with E-state index < -0.39 is 6.29 Å². The van der Waals surface area contributed by atoms with Crippen LogP contribution in [0.1, 0.15) is 124 Å². The van der Waals surface area contributed by atoms with Gasteiger partial charge in [-0.2, -0.15) is 0 Å². The Balaban J connectivity index is 0.000000176. The molecule has 0 radical (unpaired) electrons. The highest BCUT2D eigenvalue weighted by molar-refractivity contribution is 5.70. The Hall–Kier alpha value is -8.80. The zero-order chi connectivity index (χ0) is 64.0. The standard InChI is InChI=1S/C24H30O6.C23H28O4.C15H16O4.C10H12O3/c25-21-11-5-3-9-19(21)13-15-23(27)29-17-7-1-2-8-18-30-24(28)16-14-20-10-4-6-12-22(20)26;1-13-7-19-15(9-17(13)24)21(3,4)23(11-26-19)12-27-20-8-14(2)18(25)10-16(20)22(23,5)6;16-12-6-1-3-8-14(12)18-10-5-11-19-15-9-4-2-7-13(15)17;11-9-5-2-1-4-8(9)10-12-6-3-7-13-10/h3-6,9-12,25-26H,1-2,7-8,13-18H2;7-10,24-25H,11-12H2,1-6H3;1-4,6-9,16-17H,5,10-11H2;1-2,4-5,10-11H,3,6-7H2. The summed E-state index contributed by atoms with van der Waals surface area (Å²) in [6.07, 6.45) is 5.91. The first-order valence-corrected chi connectivity index (χ1v) is 30.3. The first-order chi connectivity index (χ1) is 42.7. The van der Waals surface area contributed by atoms with Crippen LogP contribution >= 0.6 is 0 Å². The predicted molar refractivity (Wildman–Crippen MR) is 338 cm³/mol. The summed E-state index contributed by atoms with van der Waals surface area (Å²) in [5, 5.41) is 68.5. The fraction of sp³-hybridized carbons (Fsp3) is 0.389. The average Bonchev–Trinajstić information content (AvgIpc) is 0.708. The lowest BCUT2D eigenvalue weighted by molar-refractivity contribution is -0.183. The van der Waals surface area contributed by atoms with Gasteiger partial charge in [0.15, 0.2) is 29.3 Å².